The molecule has 2 rings (SSSR count). The van der Waals surface area contributed by atoms with Gasteiger partial charge in [0.2, 0.25) is 0 Å². The maximum Gasteiger partial charge on any atom is 0.329 e. The van der Waals surface area contributed by atoms with Crippen molar-refractivity contribution in [2.45, 2.75) is 26.3 Å². The highest BCUT2D eigenvalue weighted by Gasteiger charge is 2.25. The Balaban J connectivity index is 1.92. The summed E-state index contributed by atoms with van der Waals surface area (Å²) in [4.78, 5) is 48.8. The van der Waals surface area contributed by atoms with E-state index < -0.39 is 36.3 Å². The Hall–Kier alpha value is -3.19. The van der Waals surface area contributed by atoms with Crippen molar-refractivity contribution in [2.75, 3.05) is 6.61 Å². The Labute approximate surface area is 179 Å². The lowest BCUT2D eigenvalue weighted by Gasteiger charge is -2.19. The quantitative estimate of drug-likeness (QED) is 0.627. The van der Waals surface area contributed by atoms with Gasteiger partial charge in [-0.25, -0.2) is 4.79 Å². The molecular weight excluding hydrogens is 408 g/mol. The minimum absolute atomic E-state index is 0.0848. The summed E-state index contributed by atoms with van der Waals surface area (Å²) >= 11 is 5.82. The highest BCUT2D eigenvalue weighted by molar-refractivity contribution is 6.30. The number of hydrogen-bond acceptors (Lipinski definition) is 5. The van der Waals surface area contributed by atoms with Gasteiger partial charge in [0.1, 0.15) is 6.04 Å². The van der Waals surface area contributed by atoms with E-state index in [1.807, 2.05) is 13.8 Å². The molecule has 8 heteroatoms. The molecule has 2 aromatic rings. The van der Waals surface area contributed by atoms with Crippen molar-refractivity contribution >= 4 is 35.3 Å². The molecule has 30 heavy (non-hydrogen) atoms. The summed E-state index contributed by atoms with van der Waals surface area (Å²) in [5.74, 6) is -2.48. The van der Waals surface area contributed by atoms with E-state index in [1.165, 1.54) is 12.1 Å². The van der Waals surface area contributed by atoms with Gasteiger partial charge in [0.05, 0.1) is 0 Å². The van der Waals surface area contributed by atoms with Crippen molar-refractivity contribution < 1.29 is 23.9 Å². The van der Waals surface area contributed by atoms with Crippen LogP contribution in [-0.2, 0) is 14.3 Å². The van der Waals surface area contributed by atoms with Crippen LogP contribution >= 0.6 is 11.6 Å². The second kappa shape index (κ2) is 11.1. The van der Waals surface area contributed by atoms with Gasteiger partial charge in [-0.15, -0.1) is 0 Å². The van der Waals surface area contributed by atoms with Crippen molar-refractivity contribution in [3.63, 3.8) is 0 Å². The molecule has 0 fully saturated rings. The molecule has 0 heterocycles. The number of carbonyl (C=O) groups is 4. The molecule has 0 radical (unpaired) electrons. The first-order valence-electron chi connectivity index (χ1n) is 9.38. The molecule has 1 atom stereocenters. The van der Waals surface area contributed by atoms with Crippen molar-refractivity contribution in [3.8, 4) is 0 Å². The molecule has 1 unspecified atom stereocenters. The predicted octanol–water partition coefficient (Wildman–Crippen LogP) is 2.98. The first kappa shape index (κ1) is 23.1. The van der Waals surface area contributed by atoms with Crippen LogP contribution in [0.15, 0.2) is 54.6 Å². The standard InChI is InChI=1S/C22H23ClN2O5/c1-14(2)12-18(24-20(27)16-8-10-17(23)11-9-16)22(29)30-13-19(26)25-21(28)15-6-4-3-5-7-15/h3-11,14,18H,12-13H2,1-2H3,(H,24,27)(H,25,26,28). The van der Waals surface area contributed by atoms with Crippen LogP contribution in [0.4, 0.5) is 0 Å². The van der Waals surface area contributed by atoms with Crippen LogP contribution in [0.3, 0.4) is 0 Å². The number of rotatable bonds is 8. The topological polar surface area (TPSA) is 102 Å². The summed E-state index contributed by atoms with van der Waals surface area (Å²) in [5, 5.41) is 5.25. The maximum atomic E-state index is 12.4. The fourth-order valence-corrected chi connectivity index (χ4v) is 2.72. The Bertz CT molecular complexity index is 898. The van der Waals surface area contributed by atoms with E-state index in [1.54, 1.807) is 42.5 Å². The smallest absolute Gasteiger partial charge is 0.329 e. The van der Waals surface area contributed by atoms with Crippen molar-refractivity contribution in [3.05, 3.63) is 70.7 Å². The molecule has 0 aromatic heterocycles. The molecule has 7 nitrogen and oxygen atoms in total. The number of nitrogens with one attached hydrogen (secondary N) is 2. The average molecular weight is 431 g/mol. The number of hydrogen-bond donors (Lipinski definition) is 2. The maximum absolute atomic E-state index is 12.4. The van der Waals surface area contributed by atoms with Crippen LogP contribution in [0, 0.1) is 5.92 Å². The van der Waals surface area contributed by atoms with Crippen LogP contribution in [0.1, 0.15) is 41.0 Å². The molecule has 2 N–H and O–H groups in total. The third kappa shape index (κ3) is 7.33. The van der Waals surface area contributed by atoms with Gasteiger partial charge in [-0.3, -0.25) is 19.7 Å². The Morgan fingerprint density at radius 1 is 0.900 bits per heavy atom. The van der Waals surface area contributed by atoms with Crippen LogP contribution in [0.5, 0.6) is 0 Å². The Morgan fingerprint density at radius 3 is 2.10 bits per heavy atom. The van der Waals surface area contributed by atoms with Gasteiger partial charge in [-0.1, -0.05) is 43.6 Å². The zero-order chi connectivity index (χ0) is 22.1. The first-order valence-corrected chi connectivity index (χ1v) is 9.76. The Kier molecular flexibility index (Phi) is 8.55. The lowest BCUT2D eigenvalue weighted by atomic mass is 10.0. The molecule has 3 amide bonds. The predicted molar refractivity (Wildman–Crippen MR) is 112 cm³/mol. The molecule has 2 aromatic carbocycles. The summed E-state index contributed by atoms with van der Waals surface area (Å²) in [5.41, 5.74) is 0.650. The van der Waals surface area contributed by atoms with E-state index in [9.17, 15) is 19.2 Å². The molecule has 0 saturated carbocycles. The van der Waals surface area contributed by atoms with Gasteiger partial charge < -0.3 is 10.1 Å². The second-order valence-electron chi connectivity index (χ2n) is 7.01. The molecular formula is C22H23ClN2O5. The molecule has 0 aliphatic carbocycles. The molecule has 158 valence electrons. The Morgan fingerprint density at radius 2 is 1.50 bits per heavy atom. The van der Waals surface area contributed by atoms with E-state index in [0.717, 1.165) is 0 Å². The molecule has 0 aliphatic rings. The summed E-state index contributed by atoms with van der Waals surface area (Å²) in [6, 6.07) is 13.5. The minimum Gasteiger partial charge on any atom is -0.454 e. The number of imide groups is 1. The lowest BCUT2D eigenvalue weighted by Crippen LogP contribution is -2.44. The lowest BCUT2D eigenvalue weighted by molar-refractivity contribution is -0.150. The van der Waals surface area contributed by atoms with Crippen LogP contribution in [-0.4, -0.2) is 36.3 Å². The van der Waals surface area contributed by atoms with Crippen LogP contribution in [0.2, 0.25) is 5.02 Å². The van der Waals surface area contributed by atoms with Gasteiger partial charge in [0.25, 0.3) is 17.7 Å². The van der Waals surface area contributed by atoms with E-state index in [-0.39, 0.29) is 5.92 Å². The van der Waals surface area contributed by atoms with Crippen molar-refractivity contribution in [1.82, 2.24) is 10.6 Å². The number of carbonyl (C=O) groups excluding carboxylic acids is 4. The molecule has 0 bridgehead atoms. The summed E-state index contributed by atoms with van der Waals surface area (Å²) < 4.78 is 5.02. The molecule has 0 saturated heterocycles. The largest absolute Gasteiger partial charge is 0.454 e. The van der Waals surface area contributed by atoms with Gasteiger partial charge in [0.15, 0.2) is 6.61 Å². The molecule has 0 spiro atoms. The molecule has 0 aliphatic heterocycles. The van der Waals surface area contributed by atoms with E-state index >= 15 is 0 Å². The highest BCUT2D eigenvalue weighted by atomic mass is 35.5. The number of esters is 1. The average Bonchev–Trinajstić information content (AvgIpc) is 2.72. The highest BCUT2D eigenvalue weighted by Crippen LogP contribution is 2.11. The third-order valence-corrected chi connectivity index (χ3v) is 4.29. The summed E-state index contributed by atoms with van der Waals surface area (Å²) in [7, 11) is 0. The van der Waals surface area contributed by atoms with E-state index in [0.29, 0.717) is 22.6 Å². The van der Waals surface area contributed by atoms with Crippen LogP contribution < -0.4 is 10.6 Å². The second-order valence-corrected chi connectivity index (χ2v) is 7.45. The first-order chi connectivity index (χ1) is 14.3. The SMILES string of the molecule is CC(C)CC(NC(=O)c1ccc(Cl)cc1)C(=O)OCC(=O)NC(=O)c1ccccc1. The summed E-state index contributed by atoms with van der Waals surface area (Å²) in [6.45, 7) is 3.14. The van der Waals surface area contributed by atoms with Gasteiger partial charge in [-0.05, 0) is 48.7 Å². The van der Waals surface area contributed by atoms with Gasteiger partial charge in [0, 0.05) is 16.1 Å². The normalized spacial score (nSPS) is 11.5. The number of ether oxygens (including phenoxy) is 1. The van der Waals surface area contributed by atoms with Gasteiger partial charge >= 0.3 is 5.97 Å². The number of benzene rings is 2. The fraction of sp³-hybridized carbons (Fsp3) is 0.273. The van der Waals surface area contributed by atoms with Crippen molar-refractivity contribution in [2.24, 2.45) is 5.92 Å². The third-order valence-electron chi connectivity index (χ3n) is 4.04. The summed E-state index contributed by atoms with van der Waals surface area (Å²) in [6.07, 6.45) is 0.322. The van der Waals surface area contributed by atoms with E-state index in [2.05, 4.69) is 10.6 Å². The zero-order valence-corrected chi connectivity index (χ0v) is 17.4. The zero-order valence-electron chi connectivity index (χ0n) is 16.7. The van der Waals surface area contributed by atoms with Crippen molar-refractivity contribution in [1.29, 1.82) is 0 Å². The number of amides is 3. The number of halogens is 1. The minimum atomic E-state index is -0.939. The van der Waals surface area contributed by atoms with Gasteiger partial charge in [-0.2, -0.15) is 0 Å². The fourth-order valence-electron chi connectivity index (χ4n) is 2.59. The van der Waals surface area contributed by atoms with E-state index in [4.69, 9.17) is 16.3 Å². The monoisotopic (exact) mass is 430 g/mol. The van der Waals surface area contributed by atoms with Crippen LogP contribution in [0.25, 0.3) is 0 Å².